The smallest absolute Gasteiger partial charge is 0.298 e. The third-order valence-corrected chi connectivity index (χ3v) is 12.3. The topological polar surface area (TPSA) is 66.9 Å². The fourth-order valence-electron chi connectivity index (χ4n) is 7.67. The van der Waals surface area contributed by atoms with Crippen LogP contribution in [-0.2, 0) is 20.7 Å². The number of hydrogen-bond donors (Lipinski definition) is 0. The number of alkyl halides is 2. The first-order valence-corrected chi connectivity index (χ1v) is 18.3. The van der Waals surface area contributed by atoms with Crippen LogP contribution in [0.4, 0.5) is 8.78 Å². The molecule has 3 atom stereocenters. The van der Waals surface area contributed by atoms with E-state index >= 15 is 8.78 Å². The molecule has 3 unspecified atom stereocenters. The third-order valence-electron chi connectivity index (χ3n) is 9.76. The van der Waals surface area contributed by atoms with Crippen molar-refractivity contribution in [3.8, 4) is 5.75 Å². The minimum atomic E-state index is -4.56. The molecule has 0 spiro atoms. The van der Waals surface area contributed by atoms with Crippen molar-refractivity contribution >= 4 is 42.6 Å². The number of carbonyl (C=O) groups is 1. The number of rotatable bonds is 9. The summed E-state index contributed by atoms with van der Waals surface area (Å²) in [5, 5.41) is 1.43. The average Bonchev–Trinajstić information content (AvgIpc) is 3.60. The highest BCUT2D eigenvalue weighted by Crippen LogP contribution is 2.44. The van der Waals surface area contributed by atoms with E-state index in [1.54, 1.807) is 30.9 Å². The van der Waals surface area contributed by atoms with Gasteiger partial charge >= 0.3 is 0 Å². The van der Waals surface area contributed by atoms with Crippen molar-refractivity contribution in [3.05, 3.63) is 70.7 Å². The summed E-state index contributed by atoms with van der Waals surface area (Å²) in [7, 11) is -4.56. The summed E-state index contributed by atoms with van der Waals surface area (Å²) in [6, 6.07) is 12.1. The summed E-state index contributed by atoms with van der Waals surface area (Å²) in [6.45, 7) is 5.22. The molecule has 1 aliphatic carbocycles. The molecule has 3 aromatic rings. The average molecular weight is 704 g/mol. The van der Waals surface area contributed by atoms with Crippen LogP contribution in [0.25, 0.3) is 10.8 Å². The van der Waals surface area contributed by atoms with Crippen molar-refractivity contribution < 1.29 is 26.7 Å². The molecule has 1 saturated carbocycles. The van der Waals surface area contributed by atoms with Crippen LogP contribution < -0.4 is 4.74 Å². The first-order chi connectivity index (χ1) is 21.4. The Morgan fingerprint density at radius 1 is 0.933 bits per heavy atom. The molecule has 3 aromatic carbocycles. The predicted molar refractivity (Wildman–Crippen MR) is 175 cm³/mol. The zero-order valence-electron chi connectivity index (χ0n) is 26.0. The summed E-state index contributed by atoms with van der Waals surface area (Å²) >= 11 is 3.30. The van der Waals surface area contributed by atoms with Gasteiger partial charge in [0.05, 0.1) is 11.0 Å². The van der Waals surface area contributed by atoms with Crippen LogP contribution in [0, 0.1) is 5.92 Å². The van der Waals surface area contributed by atoms with Crippen LogP contribution in [0.3, 0.4) is 0 Å². The number of fused-ring (bicyclic) bond motifs is 3. The van der Waals surface area contributed by atoms with Crippen LogP contribution in [0.15, 0.2) is 70.0 Å². The van der Waals surface area contributed by atoms with Gasteiger partial charge in [0.15, 0.2) is 6.04 Å². The molecule has 2 aliphatic heterocycles. The van der Waals surface area contributed by atoms with E-state index < -0.39 is 39.5 Å². The highest BCUT2D eigenvalue weighted by Gasteiger charge is 2.57. The summed E-state index contributed by atoms with van der Waals surface area (Å²) in [6.07, 6.45) is 7.44. The Labute approximate surface area is 273 Å². The van der Waals surface area contributed by atoms with Crippen molar-refractivity contribution in [2.75, 3.05) is 0 Å². The van der Waals surface area contributed by atoms with Crippen LogP contribution in [0.1, 0.15) is 77.7 Å². The van der Waals surface area contributed by atoms with Crippen LogP contribution >= 0.6 is 15.9 Å². The SMILES string of the molecule is CC1CC2CCC(C1)N2C(=O)C(N(C(C)C)S(=O)(=O)c1ccc2cc(OC3CCCC3)ccc2c1)C(F)(F)c1ccc(Br)cc1. The maximum Gasteiger partial charge on any atom is 0.298 e. The molecule has 6 rings (SSSR count). The Morgan fingerprint density at radius 3 is 2.16 bits per heavy atom. The lowest BCUT2D eigenvalue weighted by atomic mass is 9.90. The molecule has 0 aromatic heterocycles. The van der Waals surface area contributed by atoms with Gasteiger partial charge in [-0.2, -0.15) is 13.1 Å². The highest BCUT2D eigenvalue weighted by atomic mass is 79.9. The molecule has 3 fully saturated rings. The number of sulfonamides is 1. The zero-order chi connectivity index (χ0) is 32.1. The number of carbonyl (C=O) groups excluding carboxylic acids is 1. The second kappa shape index (κ2) is 12.6. The third kappa shape index (κ3) is 6.26. The zero-order valence-corrected chi connectivity index (χ0v) is 28.4. The fraction of sp³-hybridized carbons (Fsp3) is 0.514. The summed E-state index contributed by atoms with van der Waals surface area (Å²) in [5.41, 5.74) is -0.407. The van der Waals surface area contributed by atoms with E-state index in [2.05, 4.69) is 22.9 Å². The Hall–Kier alpha value is -2.56. The molecule has 0 radical (unpaired) electrons. The van der Waals surface area contributed by atoms with Crippen molar-refractivity contribution in [1.82, 2.24) is 9.21 Å². The highest BCUT2D eigenvalue weighted by molar-refractivity contribution is 9.10. The maximum atomic E-state index is 16.8. The van der Waals surface area contributed by atoms with E-state index in [0.29, 0.717) is 15.8 Å². The monoisotopic (exact) mass is 702 g/mol. The standard InChI is InChI=1S/C35H41BrF2N2O4S/c1-22(2)40(45(42,43)32-17-9-24-20-31(16-8-25(24)21-32)44-30-6-4-5-7-30)33(35(37,38)26-10-12-27(36)13-11-26)34(41)39-28-14-15-29(39)19-23(3)18-28/h8-13,16-17,20-23,28-30,33H,4-7,14-15,18-19H2,1-3H3. The van der Waals surface area contributed by atoms with E-state index in [1.165, 1.54) is 36.4 Å². The van der Waals surface area contributed by atoms with Gasteiger partial charge in [-0.05, 0) is 118 Å². The maximum absolute atomic E-state index is 16.8. The molecule has 45 heavy (non-hydrogen) atoms. The Kier molecular flexibility index (Phi) is 9.04. The molecule has 6 nitrogen and oxygen atoms in total. The van der Waals surface area contributed by atoms with Crippen molar-refractivity contribution in [1.29, 1.82) is 0 Å². The van der Waals surface area contributed by atoms with Gasteiger partial charge < -0.3 is 9.64 Å². The van der Waals surface area contributed by atoms with Gasteiger partial charge in [-0.3, -0.25) is 4.79 Å². The van der Waals surface area contributed by atoms with Gasteiger partial charge in [0.1, 0.15) is 5.75 Å². The van der Waals surface area contributed by atoms with Crippen molar-refractivity contribution in [2.45, 2.75) is 113 Å². The number of ether oxygens (including phenoxy) is 1. The summed E-state index contributed by atoms with van der Waals surface area (Å²) < 4.78 is 70.2. The van der Waals surface area contributed by atoms with Gasteiger partial charge in [-0.15, -0.1) is 0 Å². The molecular weight excluding hydrogens is 662 g/mol. The van der Waals surface area contributed by atoms with E-state index in [4.69, 9.17) is 4.74 Å². The summed E-state index contributed by atoms with van der Waals surface area (Å²) in [4.78, 5) is 15.9. The van der Waals surface area contributed by atoms with Crippen molar-refractivity contribution in [3.63, 3.8) is 0 Å². The van der Waals surface area contributed by atoms with Crippen LogP contribution in [0.5, 0.6) is 5.75 Å². The van der Waals surface area contributed by atoms with Crippen LogP contribution in [0.2, 0.25) is 0 Å². The Bertz CT molecular complexity index is 1650. The lowest BCUT2D eigenvalue weighted by Gasteiger charge is -2.44. The molecule has 0 N–H and O–H groups in total. The molecule has 242 valence electrons. The fourth-order valence-corrected chi connectivity index (χ4v) is 9.75. The number of benzene rings is 3. The second-order valence-electron chi connectivity index (χ2n) is 13.4. The first-order valence-electron chi connectivity index (χ1n) is 16.1. The molecule has 2 bridgehead atoms. The number of hydrogen-bond acceptors (Lipinski definition) is 4. The lowest BCUT2D eigenvalue weighted by molar-refractivity contribution is -0.157. The van der Waals surface area contributed by atoms with Gasteiger partial charge in [-0.1, -0.05) is 47.1 Å². The van der Waals surface area contributed by atoms with E-state index in [0.717, 1.165) is 66.8 Å². The van der Waals surface area contributed by atoms with Gasteiger partial charge in [0.2, 0.25) is 15.9 Å². The molecule has 3 aliphatic rings. The normalized spacial score (nSPS) is 23.3. The first kappa shape index (κ1) is 32.4. The van der Waals surface area contributed by atoms with Gasteiger partial charge in [0.25, 0.3) is 5.92 Å². The van der Waals surface area contributed by atoms with E-state index in [1.807, 2.05) is 12.1 Å². The second-order valence-corrected chi connectivity index (χ2v) is 16.1. The molecule has 2 saturated heterocycles. The van der Waals surface area contributed by atoms with Crippen LogP contribution in [-0.4, -0.2) is 53.8 Å². The molecule has 2 heterocycles. The molecule has 10 heteroatoms. The minimum absolute atomic E-state index is 0.132. The number of amides is 1. The Morgan fingerprint density at radius 2 is 1.53 bits per heavy atom. The lowest BCUT2D eigenvalue weighted by Crippen LogP contribution is -2.62. The number of halogens is 3. The Balaban J connectivity index is 1.41. The predicted octanol–water partition coefficient (Wildman–Crippen LogP) is 8.27. The minimum Gasteiger partial charge on any atom is -0.490 e. The summed E-state index contributed by atoms with van der Waals surface area (Å²) in [5.74, 6) is -3.53. The largest absolute Gasteiger partial charge is 0.490 e. The van der Waals surface area contributed by atoms with E-state index in [9.17, 15) is 13.2 Å². The number of piperidine rings is 1. The number of nitrogens with zero attached hydrogens (tertiary/aromatic N) is 2. The van der Waals surface area contributed by atoms with E-state index in [-0.39, 0.29) is 23.1 Å². The quantitative estimate of drug-likeness (QED) is 0.225. The molecule has 1 amide bonds. The van der Waals surface area contributed by atoms with Gasteiger partial charge in [-0.25, -0.2) is 8.42 Å². The van der Waals surface area contributed by atoms with Gasteiger partial charge in [0, 0.05) is 28.2 Å². The molecular formula is C35H41BrF2N2O4S. The van der Waals surface area contributed by atoms with Crippen molar-refractivity contribution in [2.24, 2.45) is 5.92 Å².